The van der Waals surface area contributed by atoms with Gasteiger partial charge in [0.15, 0.2) is 29.5 Å². The van der Waals surface area contributed by atoms with Gasteiger partial charge in [0.05, 0.1) is 31.8 Å². The summed E-state index contributed by atoms with van der Waals surface area (Å²) in [4.78, 5) is 46.5. The molecule has 2 aliphatic heterocycles. The minimum atomic E-state index is -2.27. The van der Waals surface area contributed by atoms with Gasteiger partial charge in [-0.3, -0.25) is 9.59 Å². The molecule has 2 aliphatic rings. The van der Waals surface area contributed by atoms with Gasteiger partial charge in [0.2, 0.25) is 6.79 Å². The average molecular weight is 647 g/mol. The number of carbonyl (C=O) groups excluding carboxylic acids is 2. The molecule has 4 atom stereocenters. The summed E-state index contributed by atoms with van der Waals surface area (Å²) >= 11 is 0. The number of aliphatic hydroxyl groups excluding tert-OH is 3. The number of quaternary nitrogens is 1. The minimum Gasteiger partial charge on any atom is -0.491 e. The van der Waals surface area contributed by atoms with Crippen LogP contribution in [0.5, 0.6) is 17.2 Å². The van der Waals surface area contributed by atoms with Crippen molar-refractivity contribution in [3.63, 3.8) is 0 Å². The lowest BCUT2D eigenvalue weighted by Crippen LogP contribution is -3.10. The van der Waals surface area contributed by atoms with Crippen LogP contribution in [0.25, 0.3) is 0 Å². The van der Waals surface area contributed by atoms with Gasteiger partial charge in [0.25, 0.3) is 0 Å². The molecular formula is C33H44NO12+. The van der Waals surface area contributed by atoms with Crippen molar-refractivity contribution in [1.29, 1.82) is 0 Å². The highest BCUT2D eigenvalue weighted by atomic mass is 16.7. The molecular weight excluding hydrogens is 602 g/mol. The van der Waals surface area contributed by atoms with E-state index in [0.717, 1.165) is 30.9 Å². The number of rotatable bonds is 16. The number of aliphatic carboxylic acids is 2. The van der Waals surface area contributed by atoms with E-state index in [1.807, 2.05) is 32.0 Å². The van der Waals surface area contributed by atoms with Gasteiger partial charge in [-0.15, -0.1) is 0 Å². The smallest absolute Gasteiger partial charge is 0.335 e. The quantitative estimate of drug-likeness (QED) is 0.144. The third-order valence-electron chi connectivity index (χ3n) is 7.75. The fraction of sp³-hybridized carbons (Fsp3) is 0.515. The zero-order chi connectivity index (χ0) is 33.8. The van der Waals surface area contributed by atoms with E-state index >= 15 is 0 Å². The number of hydrogen-bond acceptors (Lipinski definition) is 10. The Morgan fingerprint density at radius 3 is 2.04 bits per heavy atom. The standard InChI is InChI=1S/C29H37NO6.C4H6O6/c1-20(2)36-25-11-8-21(9-12-25)26(32)7-5-6-24(31)16-23(18-30-14-3-4-15-30)29(33)22-10-13-27-28(17-22)35-19-34-27;5-1(3(7)8)2(6)4(9)10/h8-13,17,20,23,29,33H,3-7,14-16,18-19H2,1-2H3;1-2,5-6H,(H,7,8)(H,9,10)/p+1/t23-,29-;1-,2-/m10/s1. The third-order valence-corrected chi connectivity index (χ3v) is 7.75. The van der Waals surface area contributed by atoms with Crippen molar-refractivity contribution in [2.75, 3.05) is 26.4 Å². The van der Waals surface area contributed by atoms with Gasteiger partial charge < -0.3 is 44.6 Å². The zero-order valence-corrected chi connectivity index (χ0v) is 26.1. The Balaban J connectivity index is 0.000000498. The van der Waals surface area contributed by atoms with E-state index in [-0.39, 0.29) is 30.4 Å². The molecule has 1 fully saturated rings. The van der Waals surface area contributed by atoms with E-state index in [9.17, 15) is 24.3 Å². The Bertz CT molecular complexity index is 1300. The van der Waals surface area contributed by atoms with E-state index < -0.39 is 30.3 Å². The Labute approximate surface area is 267 Å². The second kappa shape index (κ2) is 17.6. The van der Waals surface area contributed by atoms with Gasteiger partial charge in [-0.05, 0) is 62.2 Å². The minimum absolute atomic E-state index is 0.0253. The first kappa shape index (κ1) is 36.4. The van der Waals surface area contributed by atoms with Crippen LogP contribution in [0.1, 0.15) is 74.4 Å². The van der Waals surface area contributed by atoms with Crippen molar-refractivity contribution in [2.45, 2.75) is 76.8 Å². The number of ketones is 2. The number of aliphatic hydroxyl groups is 3. The van der Waals surface area contributed by atoms with Gasteiger partial charge in [0, 0.05) is 43.6 Å². The number of carbonyl (C=O) groups is 4. The van der Waals surface area contributed by atoms with E-state index in [2.05, 4.69) is 0 Å². The number of benzene rings is 2. The van der Waals surface area contributed by atoms with Gasteiger partial charge in [-0.1, -0.05) is 6.07 Å². The van der Waals surface area contributed by atoms with Crippen LogP contribution in [0.3, 0.4) is 0 Å². The molecule has 0 unspecified atom stereocenters. The van der Waals surface area contributed by atoms with Crippen molar-refractivity contribution < 1.29 is 63.8 Å². The topological polar surface area (TPSA) is 202 Å². The monoisotopic (exact) mass is 646 g/mol. The Morgan fingerprint density at radius 2 is 1.46 bits per heavy atom. The molecule has 6 N–H and O–H groups in total. The SMILES string of the molecule is CC(C)Oc1ccc(C(=O)CCCC(=O)C[C@H](C[NH+]2CCCC2)[C@H](O)c2ccc3c(c2)OCO3)cc1.O=C(O)[C@@H](O)[C@H](O)C(=O)O. The van der Waals surface area contributed by atoms with Crippen LogP contribution >= 0.6 is 0 Å². The highest BCUT2D eigenvalue weighted by molar-refractivity contribution is 5.96. The van der Waals surface area contributed by atoms with Crippen LogP contribution < -0.4 is 19.1 Å². The number of likely N-dealkylation sites (tertiary alicyclic amines) is 1. The number of Topliss-reactive ketones (excluding diaryl/α,β-unsaturated/α-hetero) is 2. The number of nitrogens with one attached hydrogen (secondary N) is 1. The van der Waals surface area contributed by atoms with Crippen molar-refractivity contribution in [2.24, 2.45) is 5.92 Å². The van der Waals surface area contributed by atoms with Crippen molar-refractivity contribution in [1.82, 2.24) is 0 Å². The lowest BCUT2D eigenvalue weighted by Gasteiger charge is -2.25. The summed E-state index contributed by atoms with van der Waals surface area (Å²) in [7, 11) is 0. The van der Waals surface area contributed by atoms with Gasteiger partial charge in [-0.25, -0.2) is 9.59 Å². The number of carboxylic acids is 2. The molecule has 2 aromatic carbocycles. The van der Waals surface area contributed by atoms with Crippen molar-refractivity contribution in [3.05, 3.63) is 53.6 Å². The predicted octanol–water partition coefficient (Wildman–Crippen LogP) is 1.42. The number of carboxylic acid groups (broad SMARTS) is 2. The number of ether oxygens (including phenoxy) is 3. The van der Waals surface area contributed by atoms with E-state index in [0.29, 0.717) is 42.7 Å². The van der Waals surface area contributed by atoms with Crippen molar-refractivity contribution in [3.8, 4) is 17.2 Å². The van der Waals surface area contributed by atoms with Gasteiger partial charge in [-0.2, -0.15) is 0 Å². The zero-order valence-electron chi connectivity index (χ0n) is 26.1. The Hall–Kier alpha value is -4.04. The summed E-state index contributed by atoms with van der Waals surface area (Å²) in [5, 5.41) is 43.8. The second-order valence-corrected chi connectivity index (χ2v) is 11.8. The third kappa shape index (κ3) is 11.1. The lowest BCUT2D eigenvalue weighted by atomic mass is 9.89. The number of hydrogen-bond donors (Lipinski definition) is 6. The van der Waals surface area contributed by atoms with Crippen LogP contribution in [-0.4, -0.2) is 93.8 Å². The molecule has 0 aromatic heterocycles. The van der Waals surface area contributed by atoms with E-state index in [4.69, 9.17) is 34.6 Å². The summed E-state index contributed by atoms with van der Waals surface area (Å²) < 4.78 is 16.5. The summed E-state index contributed by atoms with van der Waals surface area (Å²) in [6, 6.07) is 12.7. The maximum Gasteiger partial charge on any atom is 0.335 e. The van der Waals surface area contributed by atoms with Crippen LogP contribution in [0.2, 0.25) is 0 Å². The lowest BCUT2D eigenvalue weighted by molar-refractivity contribution is -0.891. The number of fused-ring (bicyclic) bond motifs is 1. The highest BCUT2D eigenvalue weighted by Gasteiger charge is 2.31. The van der Waals surface area contributed by atoms with E-state index in [1.54, 1.807) is 24.3 Å². The molecule has 2 aromatic rings. The molecule has 0 bridgehead atoms. The van der Waals surface area contributed by atoms with E-state index in [1.165, 1.54) is 17.7 Å². The molecule has 0 saturated carbocycles. The van der Waals surface area contributed by atoms with Crippen LogP contribution in [0, 0.1) is 5.92 Å². The summed E-state index contributed by atoms with van der Waals surface area (Å²) in [6.07, 6.45) is -1.38. The first-order valence-electron chi connectivity index (χ1n) is 15.4. The molecule has 0 amide bonds. The first-order valence-corrected chi connectivity index (χ1v) is 15.4. The molecule has 4 rings (SSSR count). The molecule has 0 aliphatic carbocycles. The molecule has 2 heterocycles. The van der Waals surface area contributed by atoms with Crippen LogP contribution in [-0.2, 0) is 14.4 Å². The summed E-state index contributed by atoms with van der Waals surface area (Å²) in [5.74, 6) is -1.56. The second-order valence-electron chi connectivity index (χ2n) is 11.8. The molecule has 0 radical (unpaired) electrons. The molecule has 46 heavy (non-hydrogen) atoms. The average Bonchev–Trinajstić information content (AvgIpc) is 3.71. The maximum atomic E-state index is 12.9. The molecule has 0 spiro atoms. The molecule has 252 valence electrons. The maximum absolute atomic E-state index is 12.9. The van der Waals surface area contributed by atoms with Crippen molar-refractivity contribution >= 4 is 23.5 Å². The largest absolute Gasteiger partial charge is 0.491 e. The molecule has 1 saturated heterocycles. The summed E-state index contributed by atoms with van der Waals surface area (Å²) in [5.41, 5.74) is 1.38. The fourth-order valence-electron chi connectivity index (χ4n) is 5.36. The summed E-state index contributed by atoms with van der Waals surface area (Å²) in [6.45, 7) is 7.01. The fourth-order valence-corrected chi connectivity index (χ4v) is 5.36. The molecule has 13 nitrogen and oxygen atoms in total. The normalized spacial score (nSPS) is 16.6. The van der Waals surface area contributed by atoms with Gasteiger partial charge in [0.1, 0.15) is 11.5 Å². The van der Waals surface area contributed by atoms with Gasteiger partial charge >= 0.3 is 11.9 Å². The predicted molar refractivity (Wildman–Crippen MR) is 163 cm³/mol. The first-order chi connectivity index (χ1) is 21.8. The molecule has 13 heteroatoms. The van der Waals surface area contributed by atoms with Crippen LogP contribution in [0.15, 0.2) is 42.5 Å². The Morgan fingerprint density at radius 1 is 0.848 bits per heavy atom. The Kier molecular flexibility index (Phi) is 13.9. The van der Waals surface area contributed by atoms with Crippen LogP contribution in [0.4, 0.5) is 0 Å². The highest BCUT2D eigenvalue weighted by Crippen LogP contribution is 2.36.